The Bertz CT molecular complexity index is 775. The van der Waals surface area contributed by atoms with E-state index in [0.29, 0.717) is 22.1 Å². The Morgan fingerprint density at radius 2 is 1.76 bits per heavy atom. The Balaban J connectivity index is 1.91. The van der Waals surface area contributed by atoms with Crippen LogP contribution in [0.25, 0.3) is 0 Å². The fourth-order valence-corrected chi connectivity index (χ4v) is 2.13. The molecule has 0 unspecified atom stereocenters. The Labute approximate surface area is 152 Å². The second kappa shape index (κ2) is 8.53. The lowest BCUT2D eigenvalue weighted by Gasteiger charge is -2.11. The molecule has 0 aromatic heterocycles. The molecule has 5 nitrogen and oxygen atoms in total. The fraction of sp³-hybridized carbons (Fsp3) is 0.263. The molecule has 25 heavy (non-hydrogen) atoms. The molecule has 2 rings (SSSR count). The summed E-state index contributed by atoms with van der Waals surface area (Å²) in [5, 5.41) is 6.18. The number of carbonyl (C=O) groups excluding carboxylic acids is 2. The second-order valence-electron chi connectivity index (χ2n) is 5.97. The van der Waals surface area contributed by atoms with E-state index in [0.717, 1.165) is 5.56 Å². The summed E-state index contributed by atoms with van der Waals surface area (Å²) in [5.41, 5.74) is 2.10. The summed E-state index contributed by atoms with van der Waals surface area (Å²) in [6.07, 6.45) is 0. The first-order chi connectivity index (χ1) is 11.8. The largest absolute Gasteiger partial charge is 0.484 e. The minimum Gasteiger partial charge on any atom is -0.484 e. The lowest BCUT2D eigenvalue weighted by atomic mass is 10.2. The first-order valence-electron chi connectivity index (χ1n) is 7.95. The van der Waals surface area contributed by atoms with Gasteiger partial charge in [-0.3, -0.25) is 9.59 Å². The Morgan fingerprint density at radius 1 is 1.08 bits per heavy atom. The van der Waals surface area contributed by atoms with E-state index in [4.69, 9.17) is 16.3 Å². The predicted octanol–water partition coefficient (Wildman–Crippen LogP) is 4.26. The molecule has 0 saturated carbocycles. The first kappa shape index (κ1) is 18.8. The number of carbonyl (C=O) groups is 2. The molecule has 0 spiro atoms. The van der Waals surface area contributed by atoms with Gasteiger partial charge in [0.2, 0.25) is 5.91 Å². The Morgan fingerprint density at radius 3 is 2.40 bits per heavy atom. The summed E-state index contributed by atoms with van der Waals surface area (Å²) in [7, 11) is 0. The molecular formula is C19H21ClN2O3. The van der Waals surface area contributed by atoms with Crippen molar-refractivity contribution in [1.82, 2.24) is 0 Å². The van der Waals surface area contributed by atoms with E-state index in [9.17, 15) is 9.59 Å². The average molecular weight is 361 g/mol. The number of hydrogen-bond acceptors (Lipinski definition) is 3. The zero-order chi connectivity index (χ0) is 18.4. The summed E-state index contributed by atoms with van der Waals surface area (Å²) in [5.74, 6) is 0.0920. The SMILES string of the molecule is Cc1cc(OCC(=O)Nc2cccc(NC(=O)C(C)C)c2)ccc1Cl. The van der Waals surface area contributed by atoms with Gasteiger partial charge >= 0.3 is 0 Å². The Hall–Kier alpha value is -2.53. The summed E-state index contributed by atoms with van der Waals surface area (Å²) in [6.45, 7) is 5.38. The summed E-state index contributed by atoms with van der Waals surface area (Å²) in [4.78, 5) is 23.8. The van der Waals surface area contributed by atoms with Crippen molar-refractivity contribution in [3.8, 4) is 5.75 Å². The highest BCUT2D eigenvalue weighted by atomic mass is 35.5. The number of hydrogen-bond donors (Lipinski definition) is 2. The smallest absolute Gasteiger partial charge is 0.262 e. The van der Waals surface area contributed by atoms with Crippen molar-refractivity contribution in [2.45, 2.75) is 20.8 Å². The highest BCUT2D eigenvalue weighted by Crippen LogP contribution is 2.21. The van der Waals surface area contributed by atoms with E-state index < -0.39 is 0 Å². The number of amides is 2. The highest BCUT2D eigenvalue weighted by molar-refractivity contribution is 6.31. The predicted molar refractivity (Wildman–Crippen MR) is 100 cm³/mol. The van der Waals surface area contributed by atoms with Crippen LogP contribution in [0.5, 0.6) is 5.75 Å². The minimum absolute atomic E-state index is 0.0788. The molecule has 0 radical (unpaired) electrons. The van der Waals surface area contributed by atoms with E-state index >= 15 is 0 Å². The van der Waals surface area contributed by atoms with Gasteiger partial charge in [-0.25, -0.2) is 0 Å². The van der Waals surface area contributed by atoms with Crippen molar-refractivity contribution in [3.05, 3.63) is 53.1 Å². The number of benzene rings is 2. The van der Waals surface area contributed by atoms with Gasteiger partial charge in [0.1, 0.15) is 5.75 Å². The normalized spacial score (nSPS) is 10.4. The maximum Gasteiger partial charge on any atom is 0.262 e. The molecular weight excluding hydrogens is 340 g/mol. The van der Waals surface area contributed by atoms with Crippen LogP contribution >= 0.6 is 11.6 Å². The number of aryl methyl sites for hydroxylation is 1. The Kier molecular flexibility index (Phi) is 6.42. The monoisotopic (exact) mass is 360 g/mol. The third kappa shape index (κ3) is 5.80. The summed E-state index contributed by atoms with van der Waals surface area (Å²) < 4.78 is 5.46. The molecule has 2 aromatic rings. The molecule has 0 saturated heterocycles. The van der Waals surface area contributed by atoms with Crippen LogP contribution in [-0.4, -0.2) is 18.4 Å². The van der Waals surface area contributed by atoms with E-state index in [1.54, 1.807) is 42.5 Å². The number of halogens is 1. The van der Waals surface area contributed by atoms with E-state index in [2.05, 4.69) is 10.6 Å². The van der Waals surface area contributed by atoms with Crippen LogP contribution in [0, 0.1) is 12.8 Å². The highest BCUT2D eigenvalue weighted by Gasteiger charge is 2.09. The van der Waals surface area contributed by atoms with E-state index in [1.165, 1.54) is 0 Å². The van der Waals surface area contributed by atoms with E-state index in [1.807, 2.05) is 20.8 Å². The van der Waals surface area contributed by atoms with Crippen molar-refractivity contribution >= 4 is 34.8 Å². The van der Waals surface area contributed by atoms with E-state index in [-0.39, 0.29) is 24.3 Å². The summed E-state index contributed by atoms with van der Waals surface area (Å²) >= 11 is 5.96. The zero-order valence-electron chi connectivity index (χ0n) is 14.4. The van der Waals surface area contributed by atoms with Crippen molar-refractivity contribution < 1.29 is 14.3 Å². The maximum absolute atomic E-state index is 12.0. The lowest BCUT2D eigenvalue weighted by molar-refractivity contribution is -0.119. The van der Waals surface area contributed by atoms with Gasteiger partial charge in [-0.05, 0) is 48.9 Å². The molecule has 0 aliphatic rings. The van der Waals surface area contributed by atoms with Crippen LogP contribution in [0.2, 0.25) is 5.02 Å². The van der Waals surface area contributed by atoms with Crippen LogP contribution in [0.3, 0.4) is 0 Å². The molecule has 132 valence electrons. The molecule has 0 atom stereocenters. The third-order valence-electron chi connectivity index (χ3n) is 3.44. The van der Waals surface area contributed by atoms with Crippen LogP contribution in [0.4, 0.5) is 11.4 Å². The quantitative estimate of drug-likeness (QED) is 0.808. The molecule has 6 heteroatoms. The second-order valence-corrected chi connectivity index (χ2v) is 6.38. The standard InChI is InChI=1S/C19H21ClN2O3/c1-12(2)19(24)22-15-6-4-5-14(10-15)21-18(23)11-25-16-7-8-17(20)13(3)9-16/h4-10,12H,11H2,1-3H3,(H,21,23)(H,22,24). The number of anilines is 2. The van der Waals surface area contributed by atoms with Gasteiger partial charge in [-0.2, -0.15) is 0 Å². The van der Waals surface area contributed by atoms with Gasteiger partial charge in [0, 0.05) is 22.3 Å². The molecule has 0 bridgehead atoms. The van der Waals surface area contributed by atoms with Gasteiger partial charge in [0.15, 0.2) is 6.61 Å². The van der Waals surface area contributed by atoms with Crippen molar-refractivity contribution in [2.24, 2.45) is 5.92 Å². The fourth-order valence-electron chi connectivity index (χ4n) is 2.01. The molecule has 2 amide bonds. The lowest BCUT2D eigenvalue weighted by Crippen LogP contribution is -2.21. The molecule has 0 aliphatic carbocycles. The van der Waals surface area contributed by atoms with Crippen molar-refractivity contribution in [2.75, 3.05) is 17.2 Å². The van der Waals surface area contributed by atoms with Crippen LogP contribution in [0.1, 0.15) is 19.4 Å². The van der Waals surface area contributed by atoms with Gasteiger partial charge < -0.3 is 15.4 Å². The van der Waals surface area contributed by atoms with Gasteiger partial charge in [-0.1, -0.05) is 31.5 Å². The van der Waals surface area contributed by atoms with Gasteiger partial charge in [0.05, 0.1) is 0 Å². The van der Waals surface area contributed by atoms with Crippen LogP contribution in [-0.2, 0) is 9.59 Å². The zero-order valence-corrected chi connectivity index (χ0v) is 15.2. The maximum atomic E-state index is 12.0. The molecule has 2 N–H and O–H groups in total. The van der Waals surface area contributed by atoms with Gasteiger partial charge in [-0.15, -0.1) is 0 Å². The number of nitrogens with one attached hydrogen (secondary N) is 2. The minimum atomic E-state index is -0.292. The molecule has 0 aliphatic heterocycles. The molecule has 2 aromatic carbocycles. The molecule has 0 heterocycles. The van der Waals surface area contributed by atoms with Crippen molar-refractivity contribution in [1.29, 1.82) is 0 Å². The molecule has 0 fully saturated rings. The first-order valence-corrected chi connectivity index (χ1v) is 8.32. The van der Waals surface area contributed by atoms with Crippen LogP contribution < -0.4 is 15.4 Å². The van der Waals surface area contributed by atoms with Crippen molar-refractivity contribution in [3.63, 3.8) is 0 Å². The van der Waals surface area contributed by atoms with Gasteiger partial charge in [0.25, 0.3) is 5.91 Å². The summed E-state index contributed by atoms with van der Waals surface area (Å²) in [6, 6.07) is 12.2. The third-order valence-corrected chi connectivity index (χ3v) is 3.86. The van der Waals surface area contributed by atoms with Crippen LogP contribution in [0.15, 0.2) is 42.5 Å². The number of ether oxygens (including phenoxy) is 1. The average Bonchev–Trinajstić information content (AvgIpc) is 2.56. The topological polar surface area (TPSA) is 67.4 Å². The number of rotatable bonds is 6.